The lowest BCUT2D eigenvalue weighted by Gasteiger charge is -2.25. The van der Waals surface area contributed by atoms with Crippen molar-refractivity contribution in [3.8, 4) is 5.75 Å². The second-order valence-corrected chi connectivity index (χ2v) is 12.8. The van der Waals surface area contributed by atoms with Crippen LogP contribution < -0.4 is 20.7 Å². The van der Waals surface area contributed by atoms with Gasteiger partial charge in [0.15, 0.2) is 5.60 Å². The third-order valence-electron chi connectivity index (χ3n) is 7.52. The van der Waals surface area contributed by atoms with Gasteiger partial charge >= 0.3 is 0 Å². The van der Waals surface area contributed by atoms with Crippen molar-refractivity contribution < 1.29 is 19.1 Å². The molecule has 2 aromatic rings. The second kappa shape index (κ2) is 26.2. The van der Waals surface area contributed by atoms with Crippen LogP contribution in [-0.4, -0.2) is 43.0 Å². The number of carbonyl (C=O) groups excluding carboxylic acids is 3. The lowest BCUT2D eigenvalue weighted by atomic mass is 10.1. The summed E-state index contributed by atoms with van der Waals surface area (Å²) in [7, 11) is 0. The van der Waals surface area contributed by atoms with Crippen molar-refractivity contribution in [1.82, 2.24) is 16.0 Å². The maximum Gasteiger partial charge on any atom is 0.263 e. The topological polar surface area (TPSA) is 96.5 Å². The van der Waals surface area contributed by atoms with Crippen LogP contribution in [0, 0.1) is 0 Å². The number of ether oxygens (including phenoxy) is 1. The SMILES string of the molecule is CC/C=C\C/C=C\C/C=C\C/C=C\C/C=C\C/C=C\CCC(=O)NCCNC(=O)C(C)(C)Oc1ccc(CCNC(=O)c2ccc(Cl)cc2)cc1. The molecule has 274 valence electrons. The van der Waals surface area contributed by atoms with Crippen LogP contribution >= 0.6 is 11.6 Å². The lowest BCUT2D eigenvalue weighted by Crippen LogP contribution is -2.48. The fraction of sp³-hybridized carbons (Fsp3) is 0.372. The summed E-state index contributed by atoms with van der Waals surface area (Å²) >= 11 is 5.88. The molecule has 3 N–H and O–H groups in total. The van der Waals surface area contributed by atoms with E-state index in [-0.39, 0.29) is 17.7 Å². The van der Waals surface area contributed by atoms with E-state index in [9.17, 15) is 14.4 Å². The van der Waals surface area contributed by atoms with E-state index in [2.05, 4.69) is 89.7 Å². The number of amides is 3. The monoisotopic (exact) mass is 713 g/mol. The number of allylic oxidation sites excluding steroid dienone is 12. The smallest absolute Gasteiger partial charge is 0.263 e. The average Bonchev–Trinajstić information content (AvgIpc) is 3.11. The molecule has 51 heavy (non-hydrogen) atoms. The van der Waals surface area contributed by atoms with Gasteiger partial charge in [0.2, 0.25) is 5.91 Å². The minimum Gasteiger partial charge on any atom is -0.478 e. The van der Waals surface area contributed by atoms with Gasteiger partial charge < -0.3 is 20.7 Å². The normalized spacial score (nSPS) is 12.2. The molecule has 0 aliphatic carbocycles. The Hall–Kier alpha value is -4.62. The molecule has 0 spiro atoms. The van der Waals surface area contributed by atoms with Gasteiger partial charge in [0, 0.05) is 36.6 Å². The highest BCUT2D eigenvalue weighted by Gasteiger charge is 2.29. The third-order valence-corrected chi connectivity index (χ3v) is 7.77. The van der Waals surface area contributed by atoms with Crippen LogP contribution in [0.4, 0.5) is 0 Å². The van der Waals surface area contributed by atoms with Crippen LogP contribution in [0.3, 0.4) is 0 Å². The first-order valence-corrected chi connectivity index (χ1v) is 18.4. The molecule has 0 unspecified atom stereocenters. The van der Waals surface area contributed by atoms with Crippen LogP contribution in [0.2, 0.25) is 5.02 Å². The van der Waals surface area contributed by atoms with Crippen molar-refractivity contribution in [2.75, 3.05) is 19.6 Å². The van der Waals surface area contributed by atoms with Crippen molar-refractivity contribution in [1.29, 1.82) is 0 Å². The molecule has 0 bridgehead atoms. The molecule has 0 aliphatic rings. The second-order valence-electron chi connectivity index (χ2n) is 12.3. The van der Waals surface area contributed by atoms with E-state index in [0.29, 0.717) is 55.2 Å². The van der Waals surface area contributed by atoms with Gasteiger partial charge in [0.1, 0.15) is 5.75 Å². The fourth-order valence-electron chi connectivity index (χ4n) is 4.62. The molecular weight excluding hydrogens is 658 g/mol. The van der Waals surface area contributed by atoms with E-state index in [1.54, 1.807) is 38.1 Å². The molecule has 0 aliphatic heterocycles. The van der Waals surface area contributed by atoms with Crippen molar-refractivity contribution in [2.45, 2.75) is 84.2 Å². The van der Waals surface area contributed by atoms with E-state index >= 15 is 0 Å². The molecule has 0 saturated carbocycles. The van der Waals surface area contributed by atoms with Crippen molar-refractivity contribution in [2.24, 2.45) is 0 Å². The Labute approximate surface area is 310 Å². The molecule has 0 radical (unpaired) electrons. The molecule has 0 atom stereocenters. The van der Waals surface area contributed by atoms with Crippen LogP contribution in [0.25, 0.3) is 0 Å². The minimum atomic E-state index is -1.10. The average molecular weight is 714 g/mol. The summed E-state index contributed by atoms with van der Waals surface area (Å²) in [5.41, 5.74) is 0.481. The van der Waals surface area contributed by atoms with E-state index in [1.807, 2.05) is 30.3 Å². The van der Waals surface area contributed by atoms with Gasteiger partial charge in [-0.05, 0) is 107 Å². The van der Waals surface area contributed by atoms with E-state index in [4.69, 9.17) is 16.3 Å². The largest absolute Gasteiger partial charge is 0.478 e. The summed E-state index contributed by atoms with van der Waals surface area (Å²) in [4.78, 5) is 37.2. The molecule has 0 saturated heterocycles. The van der Waals surface area contributed by atoms with Gasteiger partial charge in [-0.15, -0.1) is 0 Å². The summed E-state index contributed by atoms with van der Waals surface area (Å²) in [5, 5.41) is 9.16. The zero-order chi connectivity index (χ0) is 37.0. The van der Waals surface area contributed by atoms with E-state index in [1.165, 1.54) is 0 Å². The summed E-state index contributed by atoms with van der Waals surface area (Å²) < 4.78 is 5.95. The zero-order valence-corrected chi connectivity index (χ0v) is 31.3. The number of hydrogen-bond acceptors (Lipinski definition) is 4. The summed E-state index contributed by atoms with van der Waals surface area (Å²) in [6.45, 7) is 6.67. The van der Waals surface area contributed by atoms with Crippen molar-refractivity contribution in [3.63, 3.8) is 0 Å². The number of benzene rings is 2. The van der Waals surface area contributed by atoms with Crippen molar-refractivity contribution in [3.05, 3.63) is 138 Å². The highest BCUT2D eigenvalue weighted by atomic mass is 35.5. The first-order chi connectivity index (χ1) is 24.7. The van der Waals surface area contributed by atoms with Crippen LogP contribution in [0.15, 0.2) is 121 Å². The van der Waals surface area contributed by atoms with Gasteiger partial charge in [-0.25, -0.2) is 0 Å². The molecular formula is C43H56ClN3O4. The van der Waals surface area contributed by atoms with Gasteiger partial charge in [0.25, 0.3) is 11.8 Å². The van der Waals surface area contributed by atoms with E-state index < -0.39 is 5.60 Å². The van der Waals surface area contributed by atoms with Gasteiger partial charge in [-0.2, -0.15) is 0 Å². The molecule has 0 aromatic heterocycles. The summed E-state index contributed by atoms with van der Waals surface area (Å²) in [6.07, 6.45) is 33.4. The number of hydrogen-bond donors (Lipinski definition) is 3. The molecule has 2 rings (SSSR count). The fourth-order valence-corrected chi connectivity index (χ4v) is 4.75. The predicted octanol–water partition coefficient (Wildman–Crippen LogP) is 9.18. The van der Waals surface area contributed by atoms with Gasteiger partial charge in [-0.3, -0.25) is 14.4 Å². The molecule has 3 amide bonds. The van der Waals surface area contributed by atoms with Crippen molar-refractivity contribution >= 4 is 29.3 Å². The highest BCUT2D eigenvalue weighted by Crippen LogP contribution is 2.19. The Morgan fingerprint density at radius 1 is 0.647 bits per heavy atom. The highest BCUT2D eigenvalue weighted by molar-refractivity contribution is 6.30. The lowest BCUT2D eigenvalue weighted by molar-refractivity contribution is -0.134. The number of carbonyl (C=O) groups is 3. The Balaban J connectivity index is 1.51. The number of rotatable bonds is 24. The Kier molecular flexibility index (Phi) is 21.9. The first-order valence-electron chi connectivity index (χ1n) is 18.0. The summed E-state index contributed by atoms with van der Waals surface area (Å²) in [6, 6.07) is 14.2. The summed E-state index contributed by atoms with van der Waals surface area (Å²) in [5.74, 6) is 0.0827. The standard InChI is InChI=1S/C43H56ClN3O4/c1-4-5-6-7-8-9-10-11-12-13-14-15-16-17-18-19-20-21-22-23-40(48)45-34-35-47-42(50)43(2,3)51-39-30-24-36(25-31-39)32-33-46-41(49)37-26-28-38(44)29-27-37/h5-6,8-9,11-12,14-15,17-18,20-21,24-31H,4,7,10,13,16,19,22-23,32-35H2,1-3H3,(H,45,48)(H,46,49)(H,47,50)/b6-5-,9-8-,12-11-,15-14-,18-17-,21-20-. The zero-order valence-electron chi connectivity index (χ0n) is 30.5. The van der Waals surface area contributed by atoms with E-state index in [0.717, 1.165) is 44.1 Å². The number of nitrogens with one attached hydrogen (secondary N) is 3. The minimum absolute atomic E-state index is 0.0519. The first kappa shape index (κ1) is 42.5. The number of halogens is 1. The van der Waals surface area contributed by atoms with Crippen LogP contribution in [-0.2, 0) is 16.0 Å². The predicted molar refractivity (Wildman–Crippen MR) is 212 cm³/mol. The van der Waals surface area contributed by atoms with Gasteiger partial charge in [-0.1, -0.05) is 104 Å². The Morgan fingerprint density at radius 3 is 1.71 bits per heavy atom. The molecule has 8 heteroatoms. The molecule has 0 heterocycles. The Morgan fingerprint density at radius 2 is 1.16 bits per heavy atom. The van der Waals surface area contributed by atoms with Crippen LogP contribution in [0.1, 0.15) is 88.1 Å². The molecule has 7 nitrogen and oxygen atoms in total. The maximum atomic E-state index is 12.8. The molecule has 2 aromatic carbocycles. The van der Waals surface area contributed by atoms with Gasteiger partial charge in [0.05, 0.1) is 0 Å². The maximum absolute atomic E-state index is 12.8. The quantitative estimate of drug-likeness (QED) is 0.0747. The third kappa shape index (κ3) is 20.6. The van der Waals surface area contributed by atoms with Crippen LogP contribution in [0.5, 0.6) is 5.75 Å². The Bertz CT molecular complexity index is 1490. The molecule has 0 fully saturated rings.